The van der Waals surface area contributed by atoms with Crippen LogP contribution in [0, 0.1) is 0 Å². The highest BCUT2D eigenvalue weighted by atomic mass is 35.5. The van der Waals surface area contributed by atoms with Gasteiger partial charge in [0.2, 0.25) is 15.9 Å². The quantitative estimate of drug-likeness (QED) is 0.351. The molecule has 0 radical (unpaired) electrons. The van der Waals surface area contributed by atoms with Crippen molar-refractivity contribution in [1.82, 2.24) is 4.31 Å². The van der Waals surface area contributed by atoms with Gasteiger partial charge in [0, 0.05) is 37.3 Å². The largest absolute Gasteiger partial charge is 0.325 e. The molecule has 3 aromatic rings. The van der Waals surface area contributed by atoms with Gasteiger partial charge in [0.05, 0.1) is 11.4 Å². The normalized spacial score (nSPS) is 11.6. The second-order valence-corrected chi connectivity index (χ2v) is 10.8. The molecule has 0 fully saturated rings. The summed E-state index contributed by atoms with van der Waals surface area (Å²) in [6.45, 7) is -0.654. The molecule has 0 aromatic heterocycles. The molecule has 0 atom stereocenters. The molecule has 168 valence electrons. The Bertz CT molecular complexity index is 1230. The number of hydrogen-bond donors (Lipinski definition) is 1. The van der Waals surface area contributed by atoms with E-state index in [4.69, 9.17) is 58.0 Å². The van der Waals surface area contributed by atoms with Gasteiger partial charge in [-0.1, -0.05) is 64.1 Å². The number of halogens is 5. The highest BCUT2D eigenvalue weighted by molar-refractivity contribution is 7.89. The van der Waals surface area contributed by atoms with Gasteiger partial charge in [0.25, 0.3) is 0 Å². The second kappa shape index (κ2) is 10.6. The first-order chi connectivity index (χ1) is 15.0. The lowest BCUT2D eigenvalue weighted by Gasteiger charge is -2.22. The molecule has 0 spiro atoms. The summed E-state index contributed by atoms with van der Waals surface area (Å²) in [4.78, 5) is 12.7. The molecular weight excluding hydrogens is 538 g/mol. The molecule has 3 rings (SSSR count). The molecule has 0 unspecified atom stereocenters. The highest BCUT2D eigenvalue weighted by Crippen LogP contribution is 2.26. The van der Waals surface area contributed by atoms with Gasteiger partial charge in [-0.2, -0.15) is 4.31 Å². The van der Waals surface area contributed by atoms with Gasteiger partial charge in [0.1, 0.15) is 0 Å². The fourth-order valence-corrected chi connectivity index (χ4v) is 5.30. The Morgan fingerprint density at radius 1 is 0.781 bits per heavy atom. The maximum absolute atomic E-state index is 13.3. The van der Waals surface area contributed by atoms with Crippen LogP contribution in [0.15, 0.2) is 65.6 Å². The minimum absolute atomic E-state index is 0.0226. The van der Waals surface area contributed by atoms with Crippen molar-refractivity contribution in [3.63, 3.8) is 0 Å². The van der Waals surface area contributed by atoms with Crippen LogP contribution in [0.1, 0.15) is 5.56 Å². The van der Waals surface area contributed by atoms with Crippen molar-refractivity contribution in [2.24, 2.45) is 0 Å². The third kappa shape index (κ3) is 6.51. The first-order valence-corrected chi connectivity index (χ1v) is 12.3. The van der Waals surface area contributed by atoms with E-state index in [0.29, 0.717) is 31.3 Å². The number of rotatable bonds is 7. The van der Waals surface area contributed by atoms with E-state index in [1.54, 1.807) is 12.1 Å². The molecule has 0 saturated heterocycles. The van der Waals surface area contributed by atoms with Crippen LogP contribution < -0.4 is 5.32 Å². The van der Waals surface area contributed by atoms with Crippen LogP contribution in [0.25, 0.3) is 0 Å². The van der Waals surface area contributed by atoms with Crippen LogP contribution in [0.2, 0.25) is 25.1 Å². The summed E-state index contributed by atoms with van der Waals surface area (Å²) in [6, 6.07) is 14.8. The fourth-order valence-electron chi connectivity index (χ4n) is 2.81. The van der Waals surface area contributed by atoms with Gasteiger partial charge >= 0.3 is 0 Å². The van der Waals surface area contributed by atoms with Crippen molar-refractivity contribution in [2.45, 2.75) is 11.4 Å². The second-order valence-electron chi connectivity index (χ2n) is 6.67. The molecule has 32 heavy (non-hydrogen) atoms. The van der Waals surface area contributed by atoms with Gasteiger partial charge in [-0.3, -0.25) is 4.79 Å². The molecule has 0 aliphatic rings. The smallest absolute Gasteiger partial charge is 0.243 e. The SMILES string of the molecule is O=C(CN(Cc1ccc(Cl)cc1Cl)S(=O)(=O)c1ccc(Cl)cc1)Nc1cc(Cl)cc(Cl)c1. The average molecular weight is 553 g/mol. The topological polar surface area (TPSA) is 66.5 Å². The van der Waals surface area contributed by atoms with Crippen molar-refractivity contribution in [3.05, 3.63) is 91.3 Å². The molecule has 5 nitrogen and oxygen atoms in total. The number of carbonyl (C=O) groups excluding carboxylic acids is 1. The van der Waals surface area contributed by atoms with Crippen LogP contribution in [0.3, 0.4) is 0 Å². The summed E-state index contributed by atoms with van der Waals surface area (Å²) < 4.78 is 27.6. The monoisotopic (exact) mass is 550 g/mol. The van der Waals surface area contributed by atoms with Gasteiger partial charge in [-0.05, 0) is 60.2 Å². The molecule has 1 amide bonds. The van der Waals surface area contributed by atoms with Gasteiger partial charge in [-0.25, -0.2) is 8.42 Å². The fraction of sp³-hybridized carbons (Fsp3) is 0.0952. The summed E-state index contributed by atoms with van der Waals surface area (Å²) in [7, 11) is -4.08. The van der Waals surface area contributed by atoms with E-state index in [1.165, 1.54) is 48.5 Å². The molecule has 0 saturated carbocycles. The Kier molecular flexibility index (Phi) is 8.33. The van der Waals surface area contributed by atoms with Crippen LogP contribution >= 0.6 is 58.0 Å². The standard InChI is InChI=1S/C21H15Cl5N2O3S/c22-14-3-5-19(6-4-14)32(30,31)28(11-13-1-2-15(23)10-20(13)26)12-21(29)27-18-8-16(24)7-17(25)9-18/h1-10H,11-12H2,(H,27,29). The van der Waals surface area contributed by atoms with E-state index in [0.717, 1.165) is 4.31 Å². The maximum atomic E-state index is 13.3. The van der Waals surface area contributed by atoms with Crippen LogP contribution in [-0.2, 0) is 21.4 Å². The Morgan fingerprint density at radius 3 is 1.97 bits per heavy atom. The third-order valence-electron chi connectivity index (χ3n) is 4.28. The van der Waals surface area contributed by atoms with Crippen molar-refractivity contribution in [2.75, 3.05) is 11.9 Å². The Morgan fingerprint density at radius 2 is 1.38 bits per heavy atom. The molecule has 0 aliphatic heterocycles. The van der Waals surface area contributed by atoms with Crippen LogP contribution in [0.5, 0.6) is 0 Å². The van der Waals surface area contributed by atoms with Gasteiger partial charge in [0.15, 0.2) is 0 Å². The van der Waals surface area contributed by atoms with E-state index < -0.39 is 22.5 Å². The minimum Gasteiger partial charge on any atom is -0.325 e. The van der Waals surface area contributed by atoms with Gasteiger partial charge < -0.3 is 5.32 Å². The molecule has 0 heterocycles. The number of carbonyl (C=O) groups is 1. The van der Waals surface area contributed by atoms with Crippen molar-refractivity contribution >= 4 is 79.6 Å². The van der Waals surface area contributed by atoms with E-state index in [-0.39, 0.29) is 16.5 Å². The van der Waals surface area contributed by atoms with E-state index in [1.807, 2.05) is 0 Å². The summed E-state index contributed by atoms with van der Waals surface area (Å²) in [5.41, 5.74) is 0.813. The number of nitrogens with one attached hydrogen (secondary N) is 1. The molecule has 0 aliphatic carbocycles. The number of nitrogens with zero attached hydrogens (tertiary/aromatic N) is 1. The average Bonchev–Trinajstić information content (AvgIpc) is 2.68. The molecule has 1 N–H and O–H groups in total. The zero-order chi connectivity index (χ0) is 23.5. The van der Waals surface area contributed by atoms with Crippen molar-refractivity contribution < 1.29 is 13.2 Å². The molecule has 3 aromatic carbocycles. The number of benzene rings is 3. The molecule has 11 heteroatoms. The Labute approximate surface area is 210 Å². The van der Waals surface area contributed by atoms with E-state index >= 15 is 0 Å². The summed E-state index contributed by atoms with van der Waals surface area (Å²) in [5.74, 6) is -0.592. The zero-order valence-electron chi connectivity index (χ0n) is 16.2. The zero-order valence-corrected chi connectivity index (χ0v) is 20.8. The number of amides is 1. The van der Waals surface area contributed by atoms with Crippen LogP contribution in [-0.4, -0.2) is 25.2 Å². The lowest BCUT2D eigenvalue weighted by atomic mass is 10.2. The van der Waals surface area contributed by atoms with E-state index in [9.17, 15) is 13.2 Å². The lowest BCUT2D eigenvalue weighted by molar-refractivity contribution is -0.116. The minimum atomic E-state index is -4.08. The maximum Gasteiger partial charge on any atom is 0.243 e. The number of hydrogen-bond acceptors (Lipinski definition) is 3. The molecular formula is C21H15Cl5N2O3S. The van der Waals surface area contributed by atoms with Crippen molar-refractivity contribution in [3.8, 4) is 0 Å². The van der Waals surface area contributed by atoms with Gasteiger partial charge in [-0.15, -0.1) is 0 Å². The Hall–Kier alpha value is -1.51. The van der Waals surface area contributed by atoms with E-state index in [2.05, 4.69) is 5.32 Å². The number of sulfonamides is 1. The predicted molar refractivity (Wildman–Crippen MR) is 131 cm³/mol. The number of anilines is 1. The third-order valence-corrected chi connectivity index (χ3v) is 7.36. The summed E-state index contributed by atoms with van der Waals surface area (Å²) in [6.07, 6.45) is 0. The lowest BCUT2D eigenvalue weighted by Crippen LogP contribution is -2.37. The first kappa shape index (κ1) is 25.1. The van der Waals surface area contributed by atoms with Crippen molar-refractivity contribution in [1.29, 1.82) is 0 Å². The summed E-state index contributed by atoms with van der Waals surface area (Å²) in [5, 5.41) is 4.32. The first-order valence-electron chi connectivity index (χ1n) is 9.00. The summed E-state index contributed by atoms with van der Waals surface area (Å²) >= 11 is 30.0. The molecule has 0 bridgehead atoms. The Balaban J connectivity index is 1.92. The highest BCUT2D eigenvalue weighted by Gasteiger charge is 2.28. The van der Waals surface area contributed by atoms with Crippen LogP contribution in [0.4, 0.5) is 5.69 Å². The predicted octanol–water partition coefficient (Wildman–Crippen LogP) is 6.78.